The van der Waals surface area contributed by atoms with Crippen LogP contribution in [0.15, 0.2) is 12.1 Å². The van der Waals surface area contributed by atoms with Crippen LogP contribution in [0.1, 0.15) is 24.5 Å². The number of carbonyl (C=O) groups is 1. The smallest absolute Gasteiger partial charge is 0.344 e. The van der Waals surface area contributed by atoms with Crippen LogP contribution in [-0.2, 0) is 4.79 Å². The Kier molecular flexibility index (Phi) is 4.19. The van der Waals surface area contributed by atoms with Crippen molar-refractivity contribution in [2.45, 2.75) is 33.3 Å². The maximum atomic E-state index is 10.8. The normalized spacial score (nSPS) is 12.2. The summed E-state index contributed by atoms with van der Waals surface area (Å²) in [7, 11) is 0. The highest BCUT2D eigenvalue weighted by atomic mass is 35.5. The largest absolute Gasteiger partial charge is 0.479 e. The molecule has 0 unspecified atom stereocenters. The fraction of sp³-hybridized carbons (Fsp3) is 0.417. The van der Waals surface area contributed by atoms with Crippen molar-refractivity contribution < 1.29 is 14.6 Å². The quantitative estimate of drug-likeness (QED) is 0.882. The third-order valence-electron chi connectivity index (χ3n) is 2.33. The molecule has 0 aliphatic carbocycles. The molecule has 0 aliphatic rings. The van der Waals surface area contributed by atoms with Gasteiger partial charge in [-0.25, -0.2) is 4.79 Å². The van der Waals surface area contributed by atoms with Crippen molar-refractivity contribution in [3.63, 3.8) is 0 Å². The molecule has 0 heterocycles. The Morgan fingerprint density at radius 3 is 2.31 bits per heavy atom. The van der Waals surface area contributed by atoms with Gasteiger partial charge in [-0.1, -0.05) is 18.5 Å². The van der Waals surface area contributed by atoms with Crippen molar-refractivity contribution >= 4 is 17.6 Å². The molecule has 1 aromatic carbocycles. The zero-order valence-corrected chi connectivity index (χ0v) is 10.3. The topological polar surface area (TPSA) is 46.5 Å². The third kappa shape index (κ3) is 2.89. The maximum absolute atomic E-state index is 10.8. The first-order valence-electron chi connectivity index (χ1n) is 5.12. The first-order chi connectivity index (χ1) is 7.45. The molecule has 0 spiro atoms. The lowest BCUT2D eigenvalue weighted by Gasteiger charge is -2.15. The predicted molar refractivity (Wildman–Crippen MR) is 63.3 cm³/mol. The van der Waals surface area contributed by atoms with Gasteiger partial charge < -0.3 is 9.84 Å². The van der Waals surface area contributed by atoms with Crippen molar-refractivity contribution in [3.8, 4) is 5.75 Å². The number of rotatable bonds is 4. The van der Waals surface area contributed by atoms with Crippen LogP contribution in [0.3, 0.4) is 0 Å². The van der Waals surface area contributed by atoms with E-state index in [1.165, 1.54) is 0 Å². The van der Waals surface area contributed by atoms with Crippen LogP contribution >= 0.6 is 11.6 Å². The van der Waals surface area contributed by atoms with Crippen molar-refractivity contribution in [2.24, 2.45) is 0 Å². The molecule has 0 amide bonds. The number of halogens is 1. The second-order valence-electron chi connectivity index (χ2n) is 3.72. The number of benzene rings is 1. The van der Waals surface area contributed by atoms with E-state index in [4.69, 9.17) is 21.4 Å². The second kappa shape index (κ2) is 5.21. The van der Waals surface area contributed by atoms with E-state index in [1.807, 2.05) is 13.8 Å². The number of carboxylic acid groups (broad SMARTS) is 1. The number of hydrogen-bond acceptors (Lipinski definition) is 2. The summed E-state index contributed by atoms with van der Waals surface area (Å²) < 4.78 is 5.38. The van der Waals surface area contributed by atoms with Crippen LogP contribution < -0.4 is 4.74 Å². The number of aliphatic carboxylic acids is 1. The summed E-state index contributed by atoms with van der Waals surface area (Å²) in [4.78, 5) is 10.8. The van der Waals surface area contributed by atoms with E-state index in [2.05, 4.69) is 0 Å². The van der Waals surface area contributed by atoms with Crippen LogP contribution in [0.5, 0.6) is 5.75 Å². The van der Waals surface area contributed by atoms with Crippen molar-refractivity contribution in [3.05, 3.63) is 28.3 Å². The van der Waals surface area contributed by atoms with Gasteiger partial charge in [0.05, 0.1) is 0 Å². The van der Waals surface area contributed by atoms with Gasteiger partial charge in [0, 0.05) is 5.02 Å². The Morgan fingerprint density at radius 1 is 1.44 bits per heavy atom. The second-order valence-corrected chi connectivity index (χ2v) is 4.10. The van der Waals surface area contributed by atoms with Crippen molar-refractivity contribution in [1.29, 1.82) is 0 Å². The molecule has 1 rings (SSSR count). The van der Waals surface area contributed by atoms with Crippen LogP contribution in [0, 0.1) is 13.8 Å². The molecule has 4 heteroatoms. The monoisotopic (exact) mass is 242 g/mol. The Morgan fingerprint density at radius 2 is 1.94 bits per heavy atom. The van der Waals surface area contributed by atoms with Gasteiger partial charge in [0.1, 0.15) is 5.75 Å². The molecule has 0 bridgehead atoms. The van der Waals surface area contributed by atoms with Crippen LogP contribution in [0.25, 0.3) is 0 Å². The maximum Gasteiger partial charge on any atom is 0.344 e. The number of carboxylic acids is 1. The minimum Gasteiger partial charge on any atom is -0.479 e. The summed E-state index contributed by atoms with van der Waals surface area (Å²) in [5, 5.41) is 9.57. The average molecular weight is 243 g/mol. The van der Waals surface area contributed by atoms with Gasteiger partial charge in [-0.3, -0.25) is 0 Å². The molecule has 1 N–H and O–H groups in total. The summed E-state index contributed by atoms with van der Waals surface area (Å²) in [5.74, 6) is -0.401. The van der Waals surface area contributed by atoms with E-state index < -0.39 is 12.1 Å². The lowest BCUT2D eigenvalue weighted by Crippen LogP contribution is -2.25. The molecule has 0 radical (unpaired) electrons. The predicted octanol–water partition coefficient (Wildman–Crippen LogP) is 3.20. The minimum atomic E-state index is -0.951. The molecule has 0 aliphatic heterocycles. The van der Waals surface area contributed by atoms with Crippen molar-refractivity contribution in [2.75, 3.05) is 0 Å². The third-order valence-corrected chi connectivity index (χ3v) is 2.93. The van der Waals surface area contributed by atoms with E-state index in [0.29, 0.717) is 17.2 Å². The van der Waals surface area contributed by atoms with Gasteiger partial charge in [0.2, 0.25) is 0 Å². The molecule has 3 nitrogen and oxygen atoms in total. The van der Waals surface area contributed by atoms with E-state index >= 15 is 0 Å². The first-order valence-corrected chi connectivity index (χ1v) is 5.49. The molecule has 16 heavy (non-hydrogen) atoms. The summed E-state index contributed by atoms with van der Waals surface area (Å²) in [6, 6.07) is 3.50. The Hall–Kier alpha value is -1.22. The summed E-state index contributed by atoms with van der Waals surface area (Å²) in [6.45, 7) is 5.50. The zero-order chi connectivity index (χ0) is 12.3. The molecule has 0 saturated heterocycles. The molecule has 0 fully saturated rings. The Labute approximate surface area is 100.0 Å². The first kappa shape index (κ1) is 12.8. The van der Waals surface area contributed by atoms with Crippen LogP contribution in [0.2, 0.25) is 5.02 Å². The Bertz CT molecular complexity index is 378. The van der Waals surface area contributed by atoms with Gasteiger partial charge in [-0.2, -0.15) is 0 Å². The molecule has 88 valence electrons. The van der Waals surface area contributed by atoms with Gasteiger partial charge in [0.15, 0.2) is 6.10 Å². The average Bonchev–Trinajstić information content (AvgIpc) is 2.21. The standard InChI is InChI=1S/C12H15ClO3/c1-4-10(12(14)15)16-9-5-7(2)11(13)8(3)6-9/h5-6,10H,4H2,1-3H3,(H,14,15)/t10-/m0/s1. The van der Waals surface area contributed by atoms with E-state index in [1.54, 1.807) is 19.1 Å². The van der Waals surface area contributed by atoms with Crippen molar-refractivity contribution in [1.82, 2.24) is 0 Å². The highest BCUT2D eigenvalue weighted by Gasteiger charge is 2.17. The van der Waals surface area contributed by atoms with Crippen LogP contribution in [0.4, 0.5) is 0 Å². The van der Waals surface area contributed by atoms with Gasteiger partial charge >= 0.3 is 5.97 Å². The minimum absolute atomic E-state index is 0.427. The summed E-state index contributed by atoms with van der Waals surface area (Å²) in [6.07, 6.45) is -0.379. The molecule has 0 saturated carbocycles. The Balaban J connectivity index is 2.93. The SMILES string of the molecule is CC[C@H](Oc1cc(C)c(Cl)c(C)c1)C(=O)O. The fourth-order valence-electron chi connectivity index (χ4n) is 1.45. The van der Waals surface area contributed by atoms with E-state index in [0.717, 1.165) is 11.1 Å². The fourth-order valence-corrected chi connectivity index (χ4v) is 1.56. The number of hydrogen-bond donors (Lipinski definition) is 1. The molecule has 1 atom stereocenters. The number of aryl methyl sites for hydroxylation is 2. The molecular formula is C12H15ClO3. The van der Waals surface area contributed by atoms with E-state index in [9.17, 15) is 4.79 Å². The molecule has 1 aromatic rings. The van der Waals surface area contributed by atoms with Gasteiger partial charge in [-0.15, -0.1) is 0 Å². The summed E-state index contributed by atoms with van der Waals surface area (Å²) in [5.41, 5.74) is 1.77. The highest BCUT2D eigenvalue weighted by molar-refractivity contribution is 6.32. The lowest BCUT2D eigenvalue weighted by atomic mass is 10.1. The zero-order valence-electron chi connectivity index (χ0n) is 9.58. The van der Waals surface area contributed by atoms with Crippen LogP contribution in [-0.4, -0.2) is 17.2 Å². The summed E-state index contributed by atoms with van der Waals surface area (Å²) >= 11 is 6.01. The lowest BCUT2D eigenvalue weighted by molar-refractivity contribution is -0.145. The molecule has 0 aromatic heterocycles. The van der Waals surface area contributed by atoms with Gasteiger partial charge in [-0.05, 0) is 43.5 Å². The van der Waals surface area contributed by atoms with Gasteiger partial charge in [0.25, 0.3) is 0 Å². The van der Waals surface area contributed by atoms with E-state index in [-0.39, 0.29) is 0 Å². The highest BCUT2D eigenvalue weighted by Crippen LogP contribution is 2.26. The molecular weight excluding hydrogens is 228 g/mol. The number of ether oxygens (including phenoxy) is 1.